The molecule has 98 valence electrons. The van der Waals surface area contributed by atoms with E-state index in [1.165, 1.54) is 0 Å². The number of carbonyl (C=O) groups excluding carboxylic acids is 1. The molecular formula is C14H21N3O. The van der Waals surface area contributed by atoms with Crippen molar-refractivity contribution >= 4 is 11.6 Å². The van der Waals surface area contributed by atoms with E-state index in [4.69, 9.17) is 0 Å². The first-order valence-electron chi connectivity index (χ1n) is 6.26. The second-order valence-electron chi connectivity index (χ2n) is 4.08. The number of nitrogens with zero attached hydrogens (tertiary/aromatic N) is 2. The number of anilines is 1. The van der Waals surface area contributed by atoms with E-state index < -0.39 is 0 Å². The summed E-state index contributed by atoms with van der Waals surface area (Å²) in [5.41, 5.74) is 1.35. The third-order valence-electron chi connectivity index (χ3n) is 2.78. The van der Waals surface area contributed by atoms with E-state index in [0.717, 1.165) is 5.69 Å². The molecule has 1 heterocycles. The highest BCUT2D eigenvalue weighted by Gasteiger charge is 2.14. The highest BCUT2D eigenvalue weighted by molar-refractivity contribution is 5.93. The lowest BCUT2D eigenvalue weighted by Crippen LogP contribution is -2.31. The van der Waals surface area contributed by atoms with Gasteiger partial charge in [0.05, 0.1) is 0 Å². The fourth-order valence-electron chi connectivity index (χ4n) is 1.63. The number of pyridine rings is 1. The van der Waals surface area contributed by atoms with Crippen molar-refractivity contribution in [2.75, 3.05) is 18.4 Å². The number of hydrogen-bond donors (Lipinski definition) is 1. The molecule has 1 unspecified atom stereocenters. The maximum atomic E-state index is 12.1. The number of aromatic nitrogens is 1. The van der Waals surface area contributed by atoms with Crippen molar-refractivity contribution < 1.29 is 4.79 Å². The summed E-state index contributed by atoms with van der Waals surface area (Å²) < 4.78 is 0. The van der Waals surface area contributed by atoms with Gasteiger partial charge in [-0.3, -0.25) is 9.78 Å². The van der Waals surface area contributed by atoms with Crippen LogP contribution >= 0.6 is 0 Å². The Morgan fingerprint density at radius 2 is 2.22 bits per heavy atom. The van der Waals surface area contributed by atoms with E-state index in [0.29, 0.717) is 18.8 Å². The summed E-state index contributed by atoms with van der Waals surface area (Å²) in [6, 6.07) is 3.78. The average Bonchev–Trinajstić information content (AvgIpc) is 2.40. The molecule has 1 amide bonds. The van der Waals surface area contributed by atoms with Gasteiger partial charge in [0.2, 0.25) is 0 Å². The van der Waals surface area contributed by atoms with Gasteiger partial charge in [-0.1, -0.05) is 6.08 Å². The van der Waals surface area contributed by atoms with Crippen molar-refractivity contribution in [2.24, 2.45) is 0 Å². The van der Waals surface area contributed by atoms with Crippen LogP contribution in [0.1, 0.15) is 31.3 Å². The molecule has 0 aliphatic carbocycles. The van der Waals surface area contributed by atoms with Crippen LogP contribution in [0.15, 0.2) is 31.0 Å². The van der Waals surface area contributed by atoms with Crippen LogP contribution in [0, 0.1) is 0 Å². The first-order valence-corrected chi connectivity index (χ1v) is 6.26. The molecule has 1 aromatic rings. The van der Waals surface area contributed by atoms with Gasteiger partial charge in [0, 0.05) is 31.0 Å². The predicted octanol–water partition coefficient (Wildman–Crippen LogP) is 2.55. The summed E-state index contributed by atoms with van der Waals surface area (Å²) >= 11 is 0. The number of hydrogen-bond acceptors (Lipinski definition) is 3. The smallest absolute Gasteiger partial charge is 0.272 e. The van der Waals surface area contributed by atoms with Gasteiger partial charge in [0.25, 0.3) is 5.91 Å². The van der Waals surface area contributed by atoms with Gasteiger partial charge in [0.15, 0.2) is 0 Å². The van der Waals surface area contributed by atoms with Crippen molar-refractivity contribution in [3.05, 3.63) is 36.7 Å². The second kappa shape index (κ2) is 6.79. The third kappa shape index (κ3) is 3.58. The minimum Gasteiger partial charge on any atom is -0.379 e. The maximum absolute atomic E-state index is 12.1. The molecule has 1 N–H and O–H groups in total. The Morgan fingerprint density at radius 1 is 1.56 bits per heavy atom. The van der Waals surface area contributed by atoms with E-state index in [2.05, 4.69) is 16.9 Å². The second-order valence-corrected chi connectivity index (χ2v) is 4.08. The van der Waals surface area contributed by atoms with Gasteiger partial charge in [-0.2, -0.15) is 0 Å². The van der Waals surface area contributed by atoms with Crippen molar-refractivity contribution in [3.63, 3.8) is 0 Å². The summed E-state index contributed by atoms with van der Waals surface area (Å²) in [5, 5.41) is 3.23. The molecule has 1 rings (SSSR count). The van der Waals surface area contributed by atoms with Crippen LogP contribution in [0.3, 0.4) is 0 Å². The van der Waals surface area contributed by atoms with Crippen molar-refractivity contribution in [3.8, 4) is 0 Å². The molecule has 1 aromatic heterocycles. The monoisotopic (exact) mass is 247 g/mol. The average molecular weight is 247 g/mol. The quantitative estimate of drug-likeness (QED) is 0.786. The Labute approximate surface area is 109 Å². The summed E-state index contributed by atoms with van der Waals surface area (Å²) in [5.74, 6) is -0.0325. The first kappa shape index (κ1) is 14.2. The van der Waals surface area contributed by atoms with E-state index in [-0.39, 0.29) is 11.9 Å². The molecule has 0 aromatic carbocycles. The Hall–Kier alpha value is -1.84. The lowest BCUT2D eigenvalue weighted by atomic mass is 10.2. The Morgan fingerprint density at radius 3 is 2.78 bits per heavy atom. The molecule has 0 radical (unpaired) electrons. The third-order valence-corrected chi connectivity index (χ3v) is 2.78. The minimum atomic E-state index is -0.0325. The van der Waals surface area contributed by atoms with Crippen molar-refractivity contribution in [2.45, 2.75) is 26.8 Å². The van der Waals surface area contributed by atoms with Gasteiger partial charge in [0.1, 0.15) is 5.69 Å². The van der Waals surface area contributed by atoms with Gasteiger partial charge >= 0.3 is 0 Å². The molecule has 0 fully saturated rings. The molecule has 0 aliphatic rings. The molecule has 4 nitrogen and oxygen atoms in total. The standard InChI is InChI=1S/C14H21N3O/c1-5-11(4)16-12-8-9-15-13(10-12)14(18)17(6-2)7-3/h5,8-11H,1,6-7H2,2-4H3,(H,15,16). The number of amides is 1. The summed E-state index contributed by atoms with van der Waals surface area (Å²) in [6.45, 7) is 11.0. The first-order chi connectivity index (χ1) is 8.62. The fourth-order valence-corrected chi connectivity index (χ4v) is 1.63. The normalized spacial score (nSPS) is 11.7. The Kier molecular flexibility index (Phi) is 5.36. The minimum absolute atomic E-state index is 0.0325. The zero-order chi connectivity index (χ0) is 13.5. The maximum Gasteiger partial charge on any atom is 0.272 e. The van der Waals surface area contributed by atoms with E-state index in [1.54, 1.807) is 17.2 Å². The summed E-state index contributed by atoms with van der Waals surface area (Å²) in [4.78, 5) is 18.0. The highest BCUT2D eigenvalue weighted by atomic mass is 16.2. The number of nitrogens with one attached hydrogen (secondary N) is 1. The molecule has 0 saturated carbocycles. The Bertz CT molecular complexity index is 413. The Balaban J connectivity index is 2.87. The topological polar surface area (TPSA) is 45.2 Å². The molecule has 4 heteroatoms. The van der Waals surface area contributed by atoms with Crippen LogP contribution in [0.5, 0.6) is 0 Å². The van der Waals surface area contributed by atoms with Gasteiger partial charge in [-0.25, -0.2) is 0 Å². The molecule has 1 atom stereocenters. The highest BCUT2D eigenvalue weighted by Crippen LogP contribution is 2.11. The molecule has 0 bridgehead atoms. The van der Waals surface area contributed by atoms with E-state index in [9.17, 15) is 4.79 Å². The lowest BCUT2D eigenvalue weighted by Gasteiger charge is -2.18. The van der Waals surface area contributed by atoms with Crippen LogP contribution in [0.25, 0.3) is 0 Å². The predicted molar refractivity (Wildman–Crippen MR) is 74.8 cm³/mol. The van der Waals surface area contributed by atoms with Crippen LogP contribution in [0.2, 0.25) is 0 Å². The van der Waals surface area contributed by atoms with Gasteiger partial charge < -0.3 is 10.2 Å². The molecule has 0 saturated heterocycles. The van der Waals surface area contributed by atoms with Crippen LogP contribution < -0.4 is 5.32 Å². The molecule has 0 spiro atoms. The SMILES string of the molecule is C=CC(C)Nc1ccnc(C(=O)N(CC)CC)c1. The zero-order valence-corrected chi connectivity index (χ0v) is 11.3. The zero-order valence-electron chi connectivity index (χ0n) is 11.3. The van der Waals surface area contributed by atoms with Crippen molar-refractivity contribution in [1.29, 1.82) is 0 Å². The van der Waals surface area contributed by atoms with Crippen LogP contribution in [-0.2, 0) is 0 Å². The number of rotatable bonds is 6. The molecule has 0 aliphatic heterocycles. The lowest BCUT2D eigenvalue weighted by molar-refractivity contribution is 0.0767. The summed E-state index contributed by atoms with van der Waals surface area (Å²) in [6.07, 6.45) is 3.46. The van der Waals surface area contributed by atoms with E-state index >= 15 is 0 Å². The van der Waals surface area contributed by atoms with E-state index in [1.807, 2.05) is 32.9 Å². The molecule has 18 heavy (non-hydrogen) atoms. The summed E-state index contributed by atoms with van der Waals surface area (Å²) in [7, 11) is 0. The molecular weight excluding hydrogens is 226 g/mol. The van der Waals surface area contributed by atoms with Crippen LogP contribution in [0.4, 0.5) is 5.69 Å². The van der Waals surface area contributed by atoms with Crippen molar-refractivity contribution in [1.82, 2.24) is 9.88 Å². The largest absolute Gasteiger partial charge is 0.379 e. The number of carbonyl (C=O) groups is 1. The van der Waals surface area contributed by atoms with Crippen LogP contribution in [-0.4, -0.2) is 34.9 Å². The van der Waals surface area contributed by atoms with Gasteiger partial charge in [-0.05, 0) is 32.9 Å². The fraction of sp³-hybridized carbons (Fsp3) is 0.429. The van der Waals surface area contributed by atoms with Gasteiger partial charge in [-0.15, -0.1) is 6.58 Å².